The molecule has 12 rings (SSSR count). The largest absolute Gasteiger partial charge is 0.456 e. The molecule has 0 bridgehead atoms. The molecule has 0 radical (unpaired) electrons. The van der Waals surface area contributed by atoms with Crippen molar-refractivity contribution in [2.75, 3.05) is 0 Å². The van der Waals surface area contributed by atoms with Crippen LogP contribution in [-0.2, 0) is 0 Å². The smallest absolute Gasteiger partial charge is 0.147 e. The Kier molecular flexibility index (Phi) is 6.60. The van der Waals surface area contributed by atoms with Gasteiger partial charge >= 0.3 is 0 Å². The van der Waals surface area contributed by atoms with E-state index in [1.54, 1.807) is 0 Å². The van der Waals surface area contributed by atoms with Gasteiger partial charge in [-0.15, -0.1) is 0 Å². The van der Waals surface area contributed by atoms with E-state index in [1.165, 1.54) is 10.8 Å². The molecular weight excluding hydrogens is 685 g/mol. The Bertz CT molecular complexity index is 3500. The summed E-state index contributed by atoms with van der Waals surface area (Å²) in [6, 6.07) is 61.8. The average Bonchev–Trinajstić information content (AvgIpc) is 3.85. The third-order valence-corrected chi connectivity index (χ3v) is 11.3. The van der Waals surface area contributed by atoms with Crippen LogP contribution in [0.1, 0.15) is 0 Å². The minimum atomic E-state index is 0.835. The van der Waals surface area contributed by atoms with E-state index < -0.39 is 0 Å². The monoisotopic (exact) mass is 714 g/mol. The summed E-state index contributed by atoms with van der Waals surface area (Å²) in [5, 5.41) is 8.90. The minimum Gasteiger partial charge on any atom is -0.456 e. The van der Waals surface area contributed by atoms with Gasteiger partial charge in [-0.25, -0.2) is 4.98 Å². The predicted molar refractivity (Wildman–Crippen MR) is 231 cm³/mol. The van der Waals surface area contributed by atoms with Crippen LogP contribution in [0.4, 0.5) is 0 Å². The number of benzene rings is 9. The summed E-state index contributed by atoms with van der Waals surface area (Å²) in [6.45, 7) is 0. The molecule has 4 nitrogen and oxygen atoms in total. The molecule has 9 aromatic carbocycles. The van der Waals surface area contributed by atoms with E-state index in [0.717, 1.165) is 110 Å². The van der Waals surface area contributed by atoms with Crippen LogP contribution in [0.3, 0.4) is 0 Å². The van der Waals surface area contributed by atoms with Gasteiger partial charge in [-0.3, -0.25) is 4.98 Å². The average molecular weight is 715 g/mol. The maximum Gasteiger partial charge on any atom is 0.147 e. The normalized spacial score (nSPS) is 11.9. The molecule has 0 saturated heterocycles. The van der Waals surface area contributed by atoms with Gasteiger partial charge in [-0.1, -0.05) is 146 Å². The van der Waals surface area contributed by atoms with Crippen LogP contribution in [-0.4, -0.2) is 9.97 Å². The number of aromatic nitrogens is 2. The first-order chi connectivity index (χ1) is 27.7. The first-order valence-electron chi connectivity index (χ1n) is 18.9. The highest BCUT2D eigenvalue weighted by Gasteiger charge is 2.18. The van der Waals surface area contributed by atoms with Crippen molar-refractivity contribution < 1.29 is 8.83 Å². The fourth-order valence-corrected chi connectivity index (χ4v) is 8.63. The summed E-state index contributed by atoms with van der Waals surface area (Å²) in [7, 11) is 0. The molecule has 0 spiro atoms. The zero-order valence-corrected chi connectivity index (χ0v) is 30.0. The van der Waals surface area contributed by atoms with Gasteiger partial charge in [-0.2, -0.15) is 0 Å². The fourth-order valence-electron chi connectivity index (χ4n) is 8.63. The van der Waals surface area contributed by atoms with Gasteiger partial charge in [0.1, 0.15) is 22.3 Å². The number of fused-ring (bicyclic) bond motifs is 13. The van der Waals surface area contributed by atoms with E-state index in [1.807, 2.05) is 24.4 Å². The molecule has 0 aliphatic carbocycles. The van der Waals surface area contributed by atoms with E-state index >= 15 is 0 Å². The molecule has 260 valence electrons. The molecule has 0 atom stereocenters. The standard InChI is InChI=1S/C52H30N2O2/c1-3-16-40-38(14-1)39-15-2-4-17-41(39)50-49(40)53-30-45(54-50)36-13-8-11-34(29-36)32-24-22-31(23-25-32)33-10-7-12-35(28-33)37-19-9-20-42-43-26-27-47-48(52(43)56-51(37)42)44-18-5-6-21-46(44)55-47/h1-30H. The van der Waals surface area contributed by atoms with Crippen LogP contribution in [0.25, 0.3) is 121 Å². The van der Waals surface area contributed by atoms with Crippen molar-refractivity contribution in [3.8, 4) is 44.6 Å². The third kappa shape index (κ3) is 4.66. The van der Waals surface area contributed by atoms with E-state index in [4.69, 9.17) is 18.8 Å². The van der Waals surface area contributed by atoms with Crippen LogP contribution < -0.4 is 0 Å². The summed E-state index contributed by atoms with van der Waals surface area (Å²) in [5.41, 5.74) is 13.9. The highest BCUT2D eigenvalue weighted by atomic mass is 16.3. The molecule has 3 heterocycles. The second kappa shape index (κ2) is 12.0. The highest BCUT2D eigenvalue weighted by molar-refractivity contribution is 6.24. The molecule has 3 aromatic heterocycles. The lowest BCUT2D eigenvalue weighted by Gasteiger charge is -2.11. The van der Waals surface area contributed by atoms with Crippen LogP contribution >= 0.6 is 0 Å². The lowest BCUT2D eigenvalue weighted by Crippen LogP contribution is -1.92. The zero-order valence-electron chi connectivity index (χ0n) is 30.0. The Labute approximate surface area is 320 Å². The SMILES string of the molecule is c1cc(-c2ccc(-c3cccc(-c4cccc5c4oc4c5ccc5oc6ccccc6c54)c3)cc2)cc(-c2cnc3c4ccccc4c4ccccc4c3n2)c1. The van der Waals surface area contributed by atoms with Crippen molar-refractivity contribution in [1.29, 1.82) is 0 Å². The Morgan fingerprint density at radius 3 is 1.66 bits per heavy atom. The van der Waals surface area contributed by atoms with Crippen LogP contribution in [0.5, 0.6) is 0 Å². The lowest BCUT2D eigenvalue weighted by atomic mass is 9.95. The number of para-hydroxylation sites is 2. The van der Waals surface area contributed by atoms with E-state index in [9.17, 15) is 0 Å². The summed E-state index contributed by atoms with van der Waals surface area (Å²) in [6.07, 6.45) is 1.91. The molecule has 56 heavy (non-hydrogen) atoms. The molecule has 12 aromatic rings. The quantitative estimate of drug-likeness (QED) is 0.170. The number of hydrogen-bond donors (Lipinski definition) is 0. The van der Waals surface area contributed by atoms with Crippen LogP contribution in [0.15, 0.2) is 191 Å². The maximum absolute atomic E-state index is 6.76. The first-order valence-corrected chi connectivity index (χ1v) is 18.9. The molecule has 4 heteroatoms. The number of nitrogens with zero attached hydrogens (tertiary/aromatic N) is 2. The molecular formula is C52H30N2O2. The van der Waals surface area contributed by atoms with Crippen molar-refractivity contribution in [3.05, 3.63) is 182 Å². The molecule has 0 aliphatic rings. The Balaban J connectivity index is 0.893. The Morgan fingerprint density at radius 2 is 0.911 bits per heavy atom. The zero-order chi connectivity index (χ0) is 36.7. The van der Waals surface area contributed by atoms with Gasteiger partial charge in [0, 0.05) is 38.1 Å². The number of furan rings is 2. The van der Waals surface area contributed by atoms with Gasteiger partial charge in [0.25, 0.3) is 0 Å². The van der Waals surface area contributed by atoms with Crippen molar-refractivity contribution in [1.82, 2.24) is 9.97 Å². The summed E-state index contributed by atoms with van der Waals surface area (Å²) >= 11 is 0. The van der Waals surface area contributed by atoms with Crippen molar-refractivity contribution in [3.63, 3.8) is 0 Å². The van der Waals surface area contributed by atoms with Gasteiger partial charge < -0.3 is 8.83 Å². The molecule has 0 N–H and O–H groups in total. The predicted octanol–water partition coefficient (Wildman–Crippen LogP) is 14.4. The van der Waals surface area contributed by atoms with Crippen molar-refractivity contribution in [2.45, 2.75) is 0 Å². The van der Waals surface area contributed by atoms with Crippen LogP contribution in [0, 0.1) is 0 Å². The fraction of sp³-hybridized carbons (Fsp3) is 0. The first kappa shape index (κ1) is 30.9. The maximum atomic E-state index is 6.76. The summed E-state index contributed by atoms with van der Waals surface area (Å²) in [5.74, 6) is 0. The molecule has 0 saturated carbocycles. The molecule has 0 fully saturated rings. The Morgan fingerprint density at radius 1 is 0.339 bits per heavy atom. The minimum absolute atomic E-state index is 0.835. The number of rotatable bonds is 4. The van der Waals surface area contributed by atoms with E-state index in [2.05, 4.69) is 158 Å². The van der Waals surface area contributed by atoms with Crippen molar-refractivity contribution >= 4 is 76.5 Å². The second-order valence-corrected chi connectivity index (χ2v) is 14.5. The topological polar surface area (TPSA) is 52.1 Å². The lowest BCUT2D eigenvalue weighted by molar-refractivity contribution is 0.663. The summed E-state index contributed by atoms with van der Waals surface area (Å²) in [4.78, 5) is 10.2. The van der Waals surface area contributed by atoms with Gasteiger partial charge in [-0.05, 0) is 68.9 Å². The third-order valence-electron chi connectivity index (χ3n) is 11.3. The molecule has 0 unspecified atom stereocenters. The Hall–Kier alpha value is -7.56. The van der Waals surface area contributed by atoms with Crippen molar-refractivity contribution in [2.24, 2.45) is 0 Å². The number of hydrogen-bond acceptors (Lipinski definition) is 4. The van der Waals surface area contributed by atoms with Gasteiger partial charge in [0.2, 0.25) is 0 Å². The van der Waals surface area contributed by atoms with E-state index in [0.29, 0.717) is 0 Å². The van der Waals surface area contributed by atoms with E-state index in [-0.39, 0.29) is 0 Å². The highest BCUT2D eigenvalue weighted by Crippen LogP contribution is 2.42. The molecule has 0 amide bonds. The van der Waals surface area contributed by atoms with Gasteiger partial charge in [0.15, 0.2) is 0 Å². The van der Waals surface area contributed by atoms with Crippen LogP contribution in [0.2, 0.25) is 0 Å². The second-order valence-electron chi connectivity index (χ2n) is 14.5. The summed E-state index contributed by atoms with van der Waals surface area (Å²) < 4.78 is 12.9. The molecule has 0 aliphatic heterocycles. The van der Waals surface area contributed by atoms with Gasteiger partial charge in [0.05, 0.1) is 28.3 Å².